The van der Waals surface area contributed by atoms with Crippen LogP contribution in [0.3, 0.4) is 0 Å². The Morgan fingerprint density at radius 2 is 1.31 bits per heavy atom. The first kappa shape index (κ1) is 16.0. The van der Waals surface area contributed by atoms with Gasteiger partial charge in [-0.15, -0.1) is 0 Å². The minimum Gasteiger partial charge on any atom is -0.310 e. The highest BCUT2D eigenvalue weighted by molar-refractivity contribution is 4.83. The second-order valence-corrected chi connectivity index (χ2v) is 8.40. The van der Waals surface area contributed by atoms with Crippen LogP contribution >= 0.6 is 0 Å². The minimum atomic E-state index is 0.219. The van der Waals surface area contributed by atoms with E-state index < -0.39 is 0 Å². The summed E-state index contributed by atoms with van der Waals surface area (Å²) in [6, 6.07) is 0.581. The first-order valence-corrected chi connectivity index (χ1v) is 6.58. The van der Waals surface area contributed by atoms with Crippen LogP contribution in [0.15, 0.2) is 0 Å². The number of rotatable bonds is 4. The molecule has 0 aliphatic heterocycles. The Balaban J connectivity index is 4.26. The van der Waals surface area contributed by atoms with Crippen molar-refractivity contribution in [1.29, 1.82) is 0 Å². The summed E-state index contributed by atoms with van der Waals surface area (Å²) in [6.07, 6.45) is 2.51. The molecule has 1 atom stereocenters. The van der Waals surface area contributed by atoms with Crippen LogP contribution in [-0.2, 0) is 0 Å². The van der Waals surface area contributed by atoms with Crippen molar-refractivity contribution in [2.75, 3.05) is 0 Å². The summed E-state index contributed by atoms with van der Waals surface area (Å²) in [5.41, 5.74) is 1.05. The number of hydrogen-bond donors (Lipinski definition) is 1. The quantitative estimate of drug-likeness (QED) is 0.739. The summed E-state index contributed by atoms with van der Waals surface area (Å²) >= 11 is 0. The maximum Gasteiger partial charge on any atom is 0.00989 e. The molecule has 0 saturated carbocycles. The third-order valence-corrected chi connectivity index (χ3v) is 2.55. The SMILES string of the molecule is CC(CC(C)(C)CC(C)(C)C)NC(C)(C)C. The number of nitrogens with one attached hydrogen (secondary N) is 1. The Labute approximate surface area is 103 Å². The van der Waals surface area contributed by atoms with Crippen molar-refractivity contribution >= 4 is 0 Å². The Bertz CT molecular complexity index is 202. The molecule has 0 heterocycles. The molecule has 0 radical (unpaired) electrons. The van der Waals surface area contributed by atoms with Crippen molar-refractivity contribution in [1.82, 2.24) is 5.32 Å². The van der Waals surface area contributed by atoms with Gasteiger partial charge in [0.25, 0.3) is 0 Å². The van der Waals surface area contributed by atoms with E-state index in [-0.39, 0.29) is 5.54 Å². The topological polar surface area (TPSA) is 12.0 Å². The molecule has 0 rings (SSSR count). The van der Waals surface area contributed by atoms with E-state index >= 15 is 0 Å². The van der Waals surface area contributed by atoms with Gasteiger partial charge in [-0.2, -0.15) is 0 Å². The van der Waals surface area contributed by atoms with Gasteiger partial charge in [-0.05, 0) is 51.4 Å². The normalized spacial score (nSPS) is 16.3. The summed E-state index contributed by atoms with van der Waals surface area (Å²) in [7, 11) is 0. The molecule has 16 heavy (non-hydrogen) atoms. The summed E-state index contributed by atoms with van der Waals surface area (Å²) in [5.74, 6) is 0. The molecule has 0 bridgehead atoms. The molecular weight excluding hydrogens is 194 g/mol. The maximum atomic E-state index is 3.66. The van der Waals surface area contributed by atoms with Crippen LogP contribution in [0.25, 0.3) is 0 Å². The summed E-state index contributed by atoms with van der Waals surface area (Å²) in [6.45, 7) is 20.8. The standard InChI is InChI=1S/C15H33N/c1-12(16-14(5,6)7)10-15(8,9)11-13(2,3)4/h12,16H,10-11H2,1-9H3. The average Bonchev–Trinajstić information content (AvgIpc) is 1.70. The summed E-state index contributed by atoms with van der Waals surface area (Å²) in [5, 5.41) is 3.66. The van der Waals surface area contributed by atoms with Crippen LogP contribution in [0.4, 0.5) is 0 Å². The lowest BCUT2D eigenvalue weighted by molar-refractivity contribution is 0.173. The molecule has 0 aliphatic carbocycles. The highest BCUT2D eigenvalue weighted by Crippen LogP contribution is 2.36. The maximum absolute atomic E-state index is 3.66. The molecule has 0 aromatic heterocycles. The zero-order chi connectivity index (χ0) is 13.2. The van der Waals surface area contributed by atoms with Crippen molar-refractivity contribution in [2.24, 2.45) is 10.8 Å². The lowest BCUT2D eigenvalue weighted by atomic mass is 9.73. The highest BCUT2D eigenvalue weighted by Gasteiger charge is 2.28. The monoisotopic (exact) mass is 227 g/mol. The molecular formula is C15H33N. The van der Waals surface area contributed by atoms with Crippen LogP contribution in [0, 0.1) is 10.8 Å². The smallest absolute Gasteiger partial charge is 0.00989 e. The third-order valence-electron chi connectivity index (χ3n) is 2.55. The van der Waals surface area contributed by atoms with Crippen molar-refractivity contribution in [2.45, 2.75) is 86.7 Å². The van der Waals surface area contributed by atoms with E-state index in [2.05, 4.69) is 67.6 Å². The molecule has 1 N–H and O–H groups in total. The fourth-order valence-electron chi connectivity index (χ4n) is 3.13. The van der Waals surface area contributed by atoms with E-state index in [1.807, 2.05) is 0 Å². The fraction of sp³-hybridized carbons (Fsp3) is 1.00. The van der Waals surface area contributed by atoms with Crippen molar-refractivity contribution in [3.8, 4) is 0 Å². The van der Waals surface area contributed by atoms with Gasteiger partial charge in [0.15, 0.2) is 0 Å². The molecule has 0 saturated heterocycles. The van der Waals surface area contributed by atoms with Gasteiger partial charge in [-0.1, -0.05) is 34.6 Å². The second kappa shape index (κ2) is 5.08. The molecule has 0 aromatic rings. The van der Waals surface area contributed by atoms with Gasteiger partial charge in [0.2, 0.25) is 0 Å². The van der Waals surface area contributed by atoms with E-state index in [1.54, 1.807) is 0 Å². The Hall–Kier alpha value is -0.0400. The predicted molar refractivity (Wildman–Crippen MR) is 74.8 cm³/mol. The molecule has 0 fully saturated rings. The minimum absolute atomic E-state index is 0.219. The van der Waals surface area contributed by atoms with Gasteiger partial charge >= 0.3 is 0 Å². The van der Waals surface area contributed by atoms with Crippen molar-refractivity contribution in [3.05, 3.63) is 0 Å². The van der Waals surface area contributed by atoms with Crippen LogP contribution < -0.4 is 5.32 Å². The molecule has 0 spiro atoms. The van der Waals surface area contributed by atoms with Gasteiger partial charge in [-0.25, -0.2) is 0 Å². The average molecular weight is 227 g/mol. The molecule has 1 unspecified atom stereocenters. The van der Waals surface area contributed by atoms with Gasteiger partial charge in [-0.3, -0.25) is 0 Å². The van der Waals surface area contributed by atoms with E-state index in [0.717, 1.165) is 0 Å². The van der Waals surface area contributed by atoms with Gasteiger partial charge in [0.05, 0.1) is 0 Å². The van der Waals surface area contributed by atoms with Gasteiger partial charge < -0.3 is 5.32 Å². The van der Waals surface area contributed by atoms with Crippen LogP contribution in [0.1, 0.15) is 75.2 Å². The molecule has 0 amide bonds. The van der Waals surface area contributed by atoms with E-state index in [0.29, 0.717) is 16.9 Å². The lowest BCUT2D eigenvalue weighted by Crippen LogP contribution is -2.44. The first-order chi connectivity index (χ1) is 6.81. The Kier molecular flexibility index (Phi) is 5.07. The van der Waals surface area contributed by atoms with Crippen LogP contribution in [0.5, 0.6) is 0 Å². The number of hydrogen-bond acceptors (Lipinski definition) is 1. The van der Waals surface area contributed by atoms with Crippen molar-refractivity contribution < 1.29 is 0 Å². The van der Waals surface area contributed by atoms with Gasteiger partial charge in [0.1, 0.15) is 0 Å². The molecule has 1 nitrogen and oxygen atoms in total. The zero-order valence-electron chi connectivity index (χ0n) is 13.0. The lowest BCUT2D eigenvalue weighted by Gasteiger charge is -2.36. The van der Waals surface area contributed by atoms with Crippen molar-refractivity contribution in [3.63, 3.8) is 0 Å². The van der Waals surface area contributed by atoms with E-state index in [9.17, 15) is 0 Å². The predicted octanol–water partition coefficient (Wildman–Crippen LogP) is 4.62. The first-order valence-electron chi connectivity index (χ1n) is 6.58. The molecule has 98 valence electrons. The largest absolute Gasteiger partial charge is 0.310 e. The summed E-state index contributed by atoms with van der Waals surface area (Å²) in [4.78, 5) is 0. The van der Waals surface area contributed by atoms with E-state index in [4.69, 9.17) is 0 Å². The zero-order valence-corrected chi connectivity index (χ0v) is 13.0. The summed E-state index contributed by atoms with van der Waals surface area (Å²) < 4.78 is 0. The van der Waals surface area contributed by atoms with Crippen LogP contribution in [-0.4, -0.2) is 11.6 Å². The van der Waals surface area contributed by atoms with Gasteiger partial charge in [0, 0.05) is 11.6 Å². The Morgan fingerprint density at radius 3 is 1.62 bits per heavy atom. The Morgan fingerprint density at radius 1 is 0.875 bits per heavy atom. The van der Waals surface area contributed by atoms with E-state index in [1.165, 1.54) is 12.8 Å². The molecule has 0 aromatic carbocycles. The highest BCUT2D eigenvalue weighted by atomic mass is 15.0. The molecule has 1 heteroatoms. The molecule has 0 aliphatic rings. The third kappa shape index (κ3) is 9.21. The second-order valence-electron chi connectivity index (χ2n) is 8.40. The van der Waals surface area contributed by atoms with Crippen LogP contribution in [0.2, 0.25) is 0 Å². The fourth-order valence-corrected chi connectivity index (χ4v) is 3.13.